The van der Waals surface area contributed by atoms with Gasteiger partial charge in [0, 0.05) is 31.4 Å². The molecule has 0 aromatic carbocycles. The van der Waals surface area contributed by atoms with Gasteiger partial charge in [0.25, 0.3) is 5.56 Å². The number of fused-ring (bicyclic) bond motifs is 3. The Kier molecular flexibility index (Phi) is 6.00. The first-order chi connectivity index (χ1) is 12.6. The molecule has 0 aliphatic heterocycles. The molecule has 140 valence electrons. The molecule has 0 bridgehead atoms. The molecule has 0 atom stereocenters. The van der Waals surface area contributed by atoms with Crippen molar-refractivity contribution in [2.75, 3.05) is 26.8 Å². The number of carbonyl (C=O) groups is 2. The maximum absolute atomic E-state index is 12.4. The number of H-pyrrole nitrogens is 1. The Morgan fingerprint density at radius 2 is 2.12 bits per heavy atom. The highest BCUT2D eigenvalue weighted by Gasteiger charge is 2.21. The number of ether oxygens (including phenoxy) is 1. The molecule has 0 saturated carbocycles. The Balaban J connectivity index is 1.52. The van der Waals surface area contributed by atoms with Gasteiger partial charge in [-0.3, -0.25) is 14.4 Å². The third-order valence-electron chi connectivity index (χ3n) is 4.29. The Morgan fingerprint density at radius 3 is 2.92 bits per heavy atom. The highest BCUT2D eigenvalue weighted by Crippen LogP contribution is 2.34. The third-order valence-corrected chi connectivity index (χ3v) is 5.47. The van der Waals surface area contributed by atoms with Crippen molar-refractivity contribution in [3.05, 3.63) is 26.6 Å². The topological polar surface area (TPSA) is 113 Å². The van der Waals surface area contributed by atoms with E-state index >= 15 is 0 Å². The molecule has 0 fully saturated rings. The molecule has 2 aromatic heterocycles. The number of nitrogens with one attached hydrogen (secondary N) is 3. The number of nitrogens with zero attached hydrogens (tertiary/aromatic N) is 1. The summed E-state index contributed by atoms with van der Waals surface area (Å²) in [6.45, 7) is 0.748. The van der Waals surface area contributed by atoms with E-state index in [1.54, 1.807) is 18.4 Å². The second kappa shape index (κ2) is 8.41. The van der Waals surface area contributed by atoms with Crippen molar-refractivity contribution in [2.45, 2.75) is 32.1 Å². The molecule has 8 nitrogen and oxygen atoms in total. The first-order valence-electron chi connectivity index (χ1n) is 8.64. The summed E-state index contributed by atoms with van der Waals surface area (Å²) in [4.78, 5) is 45.1. The van der Waals surface area contributed by atoms with E-state index in [2.05, 4.69) is 20.6 Å². The van der Waals surface area contributed by atoms with Gasteiger partial charge in [-0.05, 0) is 24.8 Å². The van der Waals surface area contributed by atoms with Crippen LogP contribution in [0.2, 0.25) is 0 Å². The van der Waals surface area contributed by atoms with E-state index in [4.69, 9.17) is 4.74 Å². The molecule has 0 unspecified atom stereocenters. The van der Waals surface area contributed by atoms with E-state index in [-0.39, 0.29) is 30.3 Å². The van der Waals surface area contributed by atoms with Crippen LogP contribution >= 0.6 is 11.3 Å². The minimum Gasteiger partial charge on any atom is -0.383 e. The molecule has 0 radical (unpaired) electrons. The average Bonchev–Trinajstić information content (AvgIpc) is 3.19. The Hall–Kier alpha value is -2.26. The molecule has 0 spiro atoms. The summed E-state index contributed by atoms with van der Waals surface area (Å²) in [6, 6.07) is 0. The van der Waals surface area contributed by atoms with Crippen LogP contribution in [0.4, 0.5) is 0 Å². The predicted octanol–water partition coefficient (Wildman–Crippen LogP) is 0.285. The number of thiophene rings is 1. The van der Waals surface area contributed by atoms with Crippen LogP contribution in [-0.4, -0.2) is 48.6 Å². The van der Waals surface area contributed by atoms with E-state index in [0.717, 1.165) is 29.7 Å². The Morgan fingerprint density at radius 1 is 1.27 bits per heavy atom. The van der Waals surface area contributed by atoms with Crippen molar-refractivity contribution < 1.29 is 14.3 Å². The fraction of sp³-hybridized carbons (Fsp3) is 0.529. The lowest BCUT2D eigenvalue weighted by molar-refractivity contribution is -0.126. The number of aromatic amines is 1. The molecular formula is C17H22N4O4S. The van der Waals surface area contributed by atoms with Gasteiger partial charge in [0.05, 0.1) is 18.5 Å². The first kappa shape index (κ1) is 18.5. The zero-order valence-electron chi connectivity index (χ0n) is 14.6. The molecule has 2 aromatic rings. The minimum atomic E-state index is -0.267. The number of hydrogen-bond acceptors (Lipinski definition) is 6. The summed E-state index contributed by atoms with van der Waals surface area (Å²) < 4.78 is 4.83. The lowest BCUT2D eigenvalue weighted by atomic mass is 10.2. The molecule has 2 amide bonds. The van der Waals surface area contributed by atoms with Gasteiger partial charge in [-0.1, -0.05) is 0 Å². The molecule has 9 heteroatoms. The maximum Gasteiger partial charge on any atom is 0.259 e. The summed E-state index contributed by atoms with van der Waals surface area (Å²) in [5.41, 5.74) is 1.02. The van der Waals surface area contributed by atoms with Crippen LogP contribution in [0, 0.1) is 0 Å². The number of aromatic nitrogens is 2. The Labute approximate surface area is 154 Å². The van der Waals surface area contributed by atoms with Crippen LogP contribution in [-0.2, 0) is 33.6 Å². The standard InChI is InChI=1S/C17H22N4O4S/c1-25-8-7-18-14(23)9-19-13(22)6-5-12-20-16(24)15-10-3-2-4-11(10)26-17(15)21-12/h2-9H2,1H3,(H,18,23)(H,19,22)(H,20,21,24). The second-order valence-corrected chi connectivity index (χ2v) is 7.25. The maximum atomic E-state index is 12.4. The average molecular weight is 378 g/mol. The van der Waals surface area contributed by atoms with Crippen LogP contribution in [0.15, 0.2) is 4.79 Å². The number of carbonyl (C=O) groups excluding carboxylic acids is 2. The van der Waals surface area contributed by atoms with Gasteiger partial charge in [0.1, 0.15) is 10.7 Å². The molecule has 3 rings (SSSR count). The summed E-state index contributed by atoms with van der Waals surface area (Å²) >= 11 is 1.58. The monoisotopic (exact) mass is 378 g/mol. The zero-order chi connectivity index (χ0) is 18.5. The van der Waals surface area contributed by atoms with Gasteiger partial charge < -0.3 is 20.4 Å². The van der Waals surface area contributed by atoms with Gasteiger partial charge in [-0.2, -0.15) is 0 Å². The van der Waals surface area contributed by atoms with Gasteiger partial charge in [0.2, 0.25) is 11.8 Å². The number of methoxy groups -OCH3 is 1. The summed E-state index contributed by atoms with van der Waals surface area (Å²) in [5.74, 6) is -0.0260. The fourth-order valence-corrected chi connectivity index (χ4v) is 4.30. The molecule has 0 saturated heterocycles. The zero-order valence-corrected chi connectivity index (χ0v) is 15.5. The first-order valence-corrected chi connectivity index (χ1v) is 9.46. The molecule has 1 aliphatic carbocycles. The van der Waals surface area contributed by atoms with Crippen molar-refractivity contribution >= 4 is 33.4 Å². The van der Waals surface area contributed by atoms with Gasteiger partial charge in [0.15, 0.2) is 0 Å². The number of aryl methyl sites for hydroxylation is 3. The van der Waals surface area contributed by atoms with E-state index in [1.807, 2.05) is 0 Å². The van der Waals surface area contributed by atoms with Gasteiger partial charge in [-0.25, -0.2) is 4.98 Å². The van der Waals surface area contributed by atoms with Gasteiger partial charge >= 0.3 is 0 Å². The number of rotatable bonds is 8. The summed E-state index contributed by atoms with van der Waals surface area (Å²) in [7, 11) is 1.55. The smallest absolute Gasteiger partial charge is 0.259 e. The molecular weight excluding hydrogens is 356 g/mol. The second-order valence-electron chi connectivity index (χ2n) is 6.17. The van der Waals surface area contributed by atoms with Crippen molar-refractivity contribution in [3.8, 4) is 0 Å². The molecule has 3 N–H and O–H groups in total. The SMILES string of the molecule is COCCNC(=O)CNC(=O)CCc1nc2sc3c(c2c(=O)[nH]1)CCC3. The lowest BCUT2D eigenvalue weighted by Gasteiger charge is -2.06. The Bertz CT molecular complexity index is 874. The highest BCUT2D eigenvalue weighted by molar-refractivity contribution is 7.18. The highest BCUT2D eigenvalue weighted by atomic mass is 32.1. The fourth-order valence-electron chi connectivity index (χ4n) is 3.02. The van der Waals surface area contributed by atoms with E-state index in [0.29, 0.717) is 30.8 Å². The van der Waals surface area contributed by atoms with Crippen LogP contribution in [0.3, 0.4) is 0 Å². The van der Waals surface area contributed by atoms with Crippen LogP contribution in [0.1, 0.15) is 29.1 Å². The summed E-state index contributed by atoms with van der Waals surface area (Å²) in [6.07, 6.45) is 3.53. The largest absolute Gasteiger partial charge is 0.383 e. The normalized spacial score (nSPS) is 13.0. The van der Waals surface area contributed by atoms with Crippen molar-refractivity contribution in [1.29, 1.82) is 0 Å². The lowest BCUT2D eigenvalue weighted by Crippen LogP contribution is -2.38. The van der Waals surface area contributed by atoms with E-state index < -0.39 is 0 Å². The number of amides is 2. The molecule has 2 heterocycles. The molecule has 26 heavy (non-hydrogen) atoms. The van der Waals surface area contributed by atoms with Crippen molar-refractivity contribution in [3.63, 3.8) is 0 Å². The summed E-state index contributed by atoms with van der Waals surface area (Å²) in [5, 5.41) is 5.89. The van der Waals surface area contributed by atoms with E-state index in [1.165, 1.54) is 4.88 Å². The van der Waals surface area contributed by atoms with Gasteiger partial charge in [-0.15, -0.1) is 11.3 Å². The van der Waals surface area contributed by atoms with E-state index in [9.17, 15) is 14.4 Å². The third kappa shape index (κ3) is 4.28. The van der Waals surface area contributed by atoms with Crippen molar-refractivity contribution in [2.24, 2.45) is 0 Å². The quantitative estimate of drug-likeness (QED) is 0.571. The molecule has 1 aliphatic rings. The minimum absolute atomic E-state index is 0.0802. The predicted molar refractivity (Wildman–Crippen MR) is 98.5 cm³/mol. The van der Waals surface area contributed by atoms with Crippen LogP contribution in [0.5, 0.6) is 0 Å². The van der Waals surface area contributed by atoms with Crippen LogP contribution < -0.4 is 16.2 Å². The van der Waals surface area contributed by atoms with Crippen molar-refractivity contribution in [1.82, 2.24) is 20.6 Å². The number of hydrogen-bond donors (Lipinski definition) is 3. The van der Waals surface area contributed by atoms with Crippen LogP contribution in [0.25, 0.3) is 10.2 Å².